The third-order valence-electron chi connectivity index (χ3n) is 4.98. The molecule has 1 aromatic carbocycles. The number of carbonyl (C=O) groups excluding carboxylic acids is 1. The molecule has 2 aliphatic rings. The fourth-order valence-electron chi connectivity index (χ4n) is 3.46. The molecule has 29 heavy (non-hydrogen) atoms. The highest BCUT2D eigenvalue weighted by molar-refractivity contribution is 5.80. The number of benzene rings is 1. The molecule has 2 heterocycles. The quantitative estimate of drug-likeness (QED) is 0.778. The first-order valence-electron chi connectivity index (χ1n) is 9.16. The topological polar surface area (TPSA) is 88.1 Å². The van der Waals surface area contributed by atoms with Crippen molar-refractivity contribution >= 4 is 11.9 Å². The normalized spacial score (nSPS) is 24.1. The number of carboxylic acids is 1. The minimum Gasteiger partial charge on any atom is -0.497 e. The molecule has 0 spiro atoms. The zero-order chi connectivity index (χ0) is 21.6. The largest absolute Gasteiger partial charge is 0.497 e. The molecule has 0 aliphatic carbocycles. The molecule has 2 aliphatic heterocycles. The van der Waals surface area contributed by atoms with Gasteiger partial charge in [-0.05, 0) is 43.0 Å². The van der Waals surface area contributed by atoms with Crippen LogP contribution < -0.4 is 10.1 Å². The van der Waals surface area contributed by atoms with E-state index in [4.69, 9.17) is 19.4 Å². The van der Waals surface area contributed by atoms with Crippen molar-refractivity contribution < 1.29 is 37.3 Å². The van der Waals surface area contributed by atoms with Gasteiger partial charge in [-0.15, -0.1) is 0 Å². The maximum atomic E-state index is 11.7. The molecule has 10 heteroatoms. The van der Waals surface area contributed by atoms with Gasteiger partial charge in [0.1, 0.15) is 11.9 Å². The third kappa shape index (κ3) is 6.60. The number of aliphatic carboxylic acids is 1. The molecule has 1 amide bonds. The summed E-state index contributed by atoms with van der Waals surface area (Å²) >= 11 is 0. The van der Waals surface area contributed by atoms with Crippen LogP contribution in [0.2, 0.25) is 0 Å². The number of hydrogen-bond acceptors (Lipinski definition) is 5. The Balaban J connectivity index is 0.000000370. The maximum Gasteiger partial charge on any atom is 0.490 e. The number of amides is 1. The number of nitrogens with one attached hydrogen (secondary N) is 1. The summed E-state index contributed by atoms with van der Waals surface area (Å²) < 4.78 is 42.9. The number of hydrogen-bond donors (Lipinski definition) is 2. The van der Waals surface area contributed by atoms with Gasteiger partial charge < -0.3 is 19.9 Å². The van der Waals surface area contributed by atoms with Crippen molar-refractivity contribution in [3.05, 3.63) is 29.8 Å². The molecule has 1 aromatic rings. The lowest BCUT2D eigenvalue weighted by Crippen LogP contribution is -2.42. The van der Waals surface area contributed by atoms with Crippen LogP contribution in [0.5, 0.6) is 5.75 Å². The predicted octanol–water partition coefficient (Wildman–Crippen LogP) is 2.05. The van der Waals surface area contributed by atoms with Crippen LogP contribution in [0.3, 0.4) is 0 Å². The lowest BCUT2D eigenvalue weighted by Gasteiger charge is -2.34. The number of methoxy groups -OCH3 is 1. The number of nitrogens with zero attached hydrogens (tertiary/aromatic N) is 1. The van der Waals surface area contributed by atoms with Gasteiger partial charge in [0.2, 0.25) is 5.91 Å². The zero-order valence-corrected chi connectivity index (χ0v) is 16.2. The van der Waals surface area contributed by atoms with Crippen molar-refractivity contribution in [2.75, 3.05) is 27.2 Å². The third-order valence-corrected chi connectivity index (χ3v) is 4.98. The first-order valence-corrected chi connectivity index (χ1v) is 9.16. The number of halogens is 3. The van der Waals surface area contributed by atoms with Gasteiger partial charge in [0.05, 0.1) is 13.2 Å². The number of fused-ring (bicyclic) bond motifs is 1. The summed E-state index contributed by atoms with van der Waals surface area (Å²) in [4.78, 5) is 23.0. The van der Waals surface area contributed by atoms with Gasteiger partial charge in [-0.2, -0.15) is 13.2 Å². The van der Waals surface area contributed by atoms with Gasteiger partial charge in [0.15, 0.2) is 0 Å². The summed E-state index contributed by atoms with van der Waals surface area (Å²) in [5, 5.41) is 9.81. The summed E-state index contributed by atoms with van der Waals surface area (Å²) in [5.74, 6) is -1.34. The Kier molecular flexibility index (Phi) is 7.86. The highest BCUT2D eigenvalue weighted by Crippen LogP contribution is 2.33. The van der Waals surface area contributed by atoms with Crippen LogP contribution in [0.4, 0.5) is 13.2 Å². The fourth-order valence-corrected chi connectivity index (χ4v) is 3.46. The van der Waals surface area contributed by atoms with Crippen LogP contribution in [0, 0.1) is 5.92 Å². The second-order valence-electron chi connectivity index (χ2n) is 6.95. The summed E-state index contributed by atoms with van der Waals surface area (Å²) in [6.45, 7) is 2.89. The monoisotopic (exact) mass is 418 g/mol. The first kappa shape index (κ1) is 23.0. The summed E-state index contributed by atoms with van der Waals surface area (Å²) in [7, 11) is 3.35. The number of carboxylic acid groups (broad SMARTS) is 1. The van der Waals surface area contributed by atoms with Crippen molar-refractivity contribution in [3.8, 4) is 5.75 Å². The van der Waals surface area contributed by atoms with Crippen LogP contribution in [-0.4, -0.2) is 67.5 Å². The molecule has 0 bridgehead atoms. The number of likely N-dealkylation sites (tertiary alicyclic amines) is 1. The first-order chi connectivity index (χ1) is 13.6. The van der Waals surface area contributed by atoms with E-state index in [2.05, 4.69) is 22.3 Å². The second-order valence-corrected chi connectivity index (χ2v) is 6.95. The predicted molar refractivity (Wildman–Crippen MR) is 97.4 cm³/mol. The van der Waals surface area contributed by atoms with Crippen molar-refractivity contribution in [2.24, 2.45) is 5.92 Å². The highest BCUT2D eigenvalue weighted by atomic mass is 19.4. The van der Waals surface area contributed by atoms with Crippen molar-refractivity contribution in [1.82, 2.24) is 10.2 Å². The van der Waals surface area contributed by atoms with E-state index in [0.717, 1.165) is 38.2 Å². The molecule has 2 N–H and O–H groups in total. The van der Waals surface area contributed by atoms with Crippen LogP contribution >= 0.6 is 0 Å². The van der Waals surface area contributed by atoms with E-state index in [1.165, 1.54) is 5.56 Å². The van der Waals surface area contributed by atoms with E-state index in [0.29, 0.717) is 5.92 Å². The van der Waals surface area contributed by atoms with E-state index >= 15 is 0 Å². The smallest absolute Gasteiger partial charge is 0.490 e. The molecular formula is C19H25F3N2O5. The fraction of sp³-hybridized carbons (Fsp3) is 0.579. The Labute approximate surface area is 166 Å². The number of piperidine rings is 1. The summed E-state index contributed by atoms with van der Waals surface area (Å²) in [6.07, 6.45) is -3.19. The lowest BCUT2D eigenvalue weighted by molar-refractivity contribution is -0.192. The van der Waals surface area contributed by atoms with Crippen LogP contribution in [0.1, 0.15) is 18.4 Å². The molecule has 0 saturated carbocycles. The van der Waals surface area contributed by atoms with E-state index in [1.54, 1.807) is 14.2 Å². The Morgan fingerprint density at radius 3 is 2.45 bits per heavy atom. The molecule has 3 atom stereocenters. The van der Waals surface area contributed by atoms with Gasteiger partial charge in [0.25, 0.3) is 0 Å². The number of ether oxygens (including phenoxy) is 2. The average molecular weight is 418 g/mol. The van der Waals surface area contributed by atoms with Gasteiger partial charge in [-0.25, -0.2) is 4.79 Å². The molecule has 2 saturated heterocycles. The van der Waals surface area contributed by atoms with Gasteiger partial charge >= 0.3 is 12.1 Å². The van der Waals surface area contributed by atoms with Crippen LogP contribution in [-0.2, 0) is 20.9 Å². The Bertz CT molecular complexity index is 696. The van der Waals surface area contributed by atoms with E-state index < -0.39 is 12.1 Å². The lowest BCUT2D eigenvalue weighted by atomic mass is 9.91. The number of alkyl halides is 3. The molecule has 0 radical (unpaired) electrons. The number of likely N-dealkylation sites (N-methyl/N-ethyl adjacent to an activating group) is 1. The number of rotatable bonds is 4. The highest BCUT2D eigenvalue weighted by Gasteiger charge is 2.41. The molecule has 162 valence electrons. The van der Waals surface area contributed by atoms with Crippen molar-refractivity contribution in [3.63, 3.8) is 0 Å². The van der Waals surface area contributed by atoms with Gasteiger partial charge in [0, 0.05) is 20.1 Å². The minimum absolute atomic E-state index is 0.0103. The Morgan fingerprint density at radius 1 is 1.31 bits per heavy atom. The molecule has 7 nitrogen and oxygen atoms in total. The van der Waals surface area contributed by atoms with Gasteiger partial charge in [-0.1, -0.05) is 12.1 Å². The summed E-state index contributed by atoms with van der Waals surface area (Å²) in [6, 6.07) is 8.20. The second kappa shape index (κ2) is 9.93. The maximum absolute atomic E-state index is 11.7. The average Bonchev–Trinajstić information content (AvgIpc) is 3.11. The minimum atomic E-state index is -5.08. The molecule has 0 aromatic heterocycles. The van der Waals surface area contributed by atoms with E-state index in [9.17, 15) is 18.0 Å². The van der Waals surface area contributed by atoms with E-state index in [1.807, 2.05) is 12.1 Å². The van der Waals surface area contributed by atoms with Crippen molar-refractivity contribution in [1.29, 1.82) is 0 Å². The Morgan fingerprint density at radius 2 is 1.93 bits per heavy atom. The molecular weight excluding hydrogens is 393 g/mol. The standard InChI is InChI=1S/C17H24N2O3.C2HF3O2/c1-18-17(20)15-9-13-7-8-19(11-16(13)22-15)10-12-3-5-14(21-2)6-4-12;3-2(4,5)1(6)7/h3-6,13,15-16H,7-11H2,1-2H3,(H,18,20);(H,6,7)/t13-,15+,16+;/m0./s1. The molecule has 3 rings (SSSR count). The zero-order valence-electron chi connectivity index (χ0n) is 16.2. The van der Waals surface area contributed by atoms with Crippen molar-refractivity contribution in [2.45, 2.75) is 37.8 Å². The SMILES string of the molecule is CNC(=O)[C@H]1C[C@@H]2CCN(Cc3ccc(OC)cc3)C[C@H]2O1.O=C(O)C(F)(F)F. The van der Waals surface area contributed by atoms with Crippen LogP contribution in [0.15, 0.2) is 24.3 Å². The van der Waals surface area contributed by atoms with E-state index in [-0.39, 0.29) is 18.1 Å². The molecule has 2 fully saturated rings. The van der Waals surface area contributed by atoms with Gasteiger partial charge in [-0.3, -0.25) is 9.69 Å². The summed E-state index contributed by atoms with van der Waals surface area (Å²) in [5.41, 5.74) is 1.28. The number of carbonyl (C=O) groups is 2. The Hall–Kier alpha value is -2.33. The molecule has 0 unspecified atom stereocenters. The van der Waals surface area contributed by atoms with Crippen LogP contribution in [0.25, 0.3) is 0 Å².